The second-order valence-electron chi connectivity index (χ2n) is 7.90. The van der Waals surface area contributed by atoms with Gasteiger partial charge >= 0.3 is 0 Å². The molecule has 0 bridgehead atoms. The molecule has 0 spiro atoms. The Labute approximate surface area is 197 Å². The lowest BCUT2D eigenvalue weighted by Crippen LogP contribution is -2.47. The highest BCUT2D eigenvalue weighted by atomic mass is 32.1. The number of nitrogens with one attached hydrogen (secondary N) is 1. The molecule has 0 fully saturated rings. The average Bonchev–Trinajstić information content (AvgIpc) is 3.47. The lowest BCUT2D eigenvalue weighted by atomic mass is 9.94. The van der Waals surface area contributed by atoms with Crippen LogP contribution < -0.4 is 14.8 Å². The van der Waals surface area contributed by atoms with Crippen LogP contribution in [0.5, 0.6) is 11.5 Å². The van der Waals surface area contributed by atoms with Crippen LogP contribution in [0.4, 0.5) is 0 Å². The van der Waals surface area contributed by atoms with Crippen molar-refractivity contribution < 1.29 is 14.0 Å². The quantitative estimate of drug-likeness (QED) is 0.476. The van der Waals surface area contributed by atoms with Gasteiger partial charge in [0, 0.05) is 12.2 Å². The van der Waals surface area contributed by atoms with Gasteiger partial charge in [-0.25, -0.2) is 0 Å². The van der Waals surface area contributed by atoms with Crippen molar-refractivity contribution in [2.24, 2.45) is 5.92 Å². The largest absolute Gasteiger partial charge is 0.493 e. The van der Waals surface area contributed by atoms with Crippen LogP contribution in [0.3, 0.4) is 0 Å². The maximum atomic E-state index is 5.76. The van der Waals surface area contributed by atoms with Gasteiger partial charge in [0.1, 0.15) is 0 Å². The molecule has 0 aliphatic carbocycles. The molecule has 0 saturated carbocycles. The first-order valence-electron chi connectivity index (χ1n) is 10.3. The number of nitrogens with zero attached hydrogens (tertiary/aromatic N) is 3. The highest BCUT2D eigenvalue weighted by Crippen LogP contribution is 2.40. The van der Waals surface area contributed by atoms with Gasteiger partial charge in [0.25, 0.3) is 5.89 Å². The lowest BCUT2D eigenvalue weighted by Gasteiger charge is -2.38. The Morgan fingerprint density at radius 1 is 1.22 bits per heavy atom. The minimum absolute atomic E-state index is 0.276. The maximum absolute atomic E-state index is 5.76. The molecule has 1 aliphatic rings. The summed E-state index contributed by atoms with van der Waals surface area (Å²) in [6.45, 7) is 7.16. The van der Waals surface area contributed by atoms with Crippen LogP contribution in [0.2, 0.25) is 0 Å². The predicted octanol–water partition coefficient (Wildman–Crippen LogP) is 5.13. The SMILES string of the molecule is COc1ccc(C2NC(=S)N(CC(C)C)C(C)=C2c2nc(-c3cccs3)no2)cc1OC. The number of hydrogen-bond acceptors (Lipinski definition) is 7. The second-order valence-corrected chi connectivity index (χ2v) is 9.24. The number of thiophene rings is 1. The van der Waals surface area contributed by atoms with Crippen molar-refractivity contribution in [1.82, 2.24) is 20.4 Å². The molecule has 2 aromatic heterocycles. The molecule has 3 aromatic rings. The summed E-state index contributed by atoms with van der Waals surface area (Å²) in [6, 6.07) is 9.49. The minimum atomic E-state index is -0.276. The molecule has 4 rings (SSSR count). The van der Waals surface area contributed by atoms with Crippen LogP contribution in [0, 0.1) is 5.92 Å². The molecule has 0 amide bonds. The van der Waals surface area contributed by atoms with Crippen LogP contribution in [-0.2, 0) is 0 Å². The molecule has 1 aliphatic heterocycles. The van der Waals surface area contributed by atoms with Gasteiger partial charge in [-0.15, -0.1) is 11.3 Å². The summed E-state index contributed by atoms with van der Waals surface area (Å²) in [5, 5.41) is 10.4. The molecule has 1 aromatic carbocycles. The van der Waals surface area contributed by atoms with Crippen LogP contribution in [0.1, 0.15) is 38.3 Å². The zero-order valence-corrected chi connectivity index (χ0v) is 20.3. The van der Waals surface area contributed by atoms with Crippen LogP contribution >= 0.6 is 23.6 Å². The number of rotatable bonds is 7. The van der Waals surface area contributed by atoms with Gasteiger partial charge in [-0.1, -0.05) is 31.1 Å². The fourth-order valence-corrected chi connectivity index (χ4v) is 4.74. The molecule has 0 radical (unpaired) electrons. The summed E-state index contributed by atoms with van der Waals surface area (Å²) >= 11 is 7.32. The van der Waals surface area contributed by atoms with E-state index in [4.69, 9.17) is 31.2 Å². The van der Waals surface area contributed by atoms with Gasteiger partial charge in [-0.05, 0) is 54.2 Å². The molecular formula is C23H26N4O3S2. The van der Waals surface area contributed by atoms with Crippen molar-refractivity contribution in [3.8, 4) is 22.2 Å². The minimum Gasteiger partial charge on any atom is -0.493 e. The number of thiocarbonyl (C=S) groups is 1. The van der Waals surface area contributed by atoms with Gasteiger partial charge in [0.15, 0.2) is 16.6 Å². The number of methoxy groups -OCH3 is 2. The summed E-state index contributed by atoms with van der Waals surface area (Å²) in [7, 11) is 3.24. The van der Waals surface area contributed by atoms with E-state index in [0.29, 0.717) is 34.2 Å². The normalized spacial score (nSPS) is 16.5. The van der Waals surface area contributed by atoms with Gasteiger partial charge < -0.3 is 24.2 Å². The van der Waals surface area contributed by atoms with E-state index in [1.54, 1.807) is 25.6 Å². The summed E-state index contributed by atoms with van der Waals surface area (Å²) in [5.74, 6) is 2.77. The Kier molecular flexibility index (Phi) is 6.48. The van der Waals surface area contributed by atoms with E-state index >= 15 is 0 Å². The molecule has 3 heterocycles. The predicted molar refractivity (Wildman–Crippen MR) is 130 cm³/mol. The van der Waals surface area contributed by atoms with E-state index in [-0.39, 0.29) is 6.04 Å². The van der Waals surface area contributed by atoms with Crippen molar-refractivity contribution in [3.63, 3.8) is 0 Å². The highest BCUT2D eigenvalue weighted by molar-refractivity contribution is 7.80. The molecule has 1 unspecified atom stereocenters. The molecule has 1 N–H and O–H groups in total. The van der Waals surface area contributed by atoms with Crippen LogP contribution in [0.15, 0.2) is 45.9 Å². The van der Waals surface area contributed by atoms with Gasteiger partial charge in [0.2, 0.25) is 5.82 Å². The zero-order valence-electron chi connectivity index (χ0n) is 18.7. The third-order valence-electron chi connectivity index (χ3n) is 5.28. The molecule has 7 nitrogen and oxygen atoms in total. The number of hydrogen-bond donors (Lipinski definition) is 1. The van der Waals surface area contributed by atoms with Gasteiger partial charge in [0.05, 0.1) is 30.7 Å². The maximum Gasteiger partial charge on any atom is 0.258 e. The average molecular weight is 471 g/mol. The Balaban J connectivity index is 1.83. The highest BCUT2D eigenvalue weighted by Gasteiger charge is 2.34. The van der Waals surface area contributed by atoms with Crippen molar-refractivity contribution in [3.05, 3.63) is 52.9 Å². The molecular weight excluding hydrogens is 444 g/mol. The van der Waals surface area contributed by atoms with Crippen molar-refractivity contribution in [1.29, 1.82) is 0 Å². The number of aromatic nitrogens is 2. The van der Waals surface area contributed by atoms with E-state index in [2.05, 4.69) is 29.2 Å². The Hall–Kier alpha value is -2.91. The first-order valence-corrected chi connectivity index (χ1v) is 11.6. The molecule has 1 atom stereocenters. The zero-order chi connectivity index (χ0) is 22.8. The Morgan fingerprint density at radius 2 is 2.00 bits per heavy atom. The summed E-state index contributed by atoms with van der Waals surface area (Å²) in [4.78, 5) is 7.78. The Bertz CT molecular complexity index is 1140. The Morgan fingerprint density at radius 3 is 2.66 bits per heavy atom. The van der Waals surface area contributed by atoms with E-state index in [0.717, 1.165) is 28.3 Å². The smallest absolute Gasteiger partial charge is 0.258 e. The molecule has 9 heteroatoms. The first-order chi connectivity index (χ1) is 15.4. The molecule has 168 valence electrons. The van der Waals surface area contributed by atoms with Crippen molar-refractivity contribution in [2.45, 2.75) is 26.8 Å². The first kappa shape index (κ1) is 22.3. The monoisotopic (exact) mass is 470 g/mol. The fourth-order valence-electron chi connectivity index (χ4n) is 3.76. The topological polar surface area (TPSA) is 72.7 Å². The van der Waals surface area contributed by atoms with E-state index in [1.165, 1.54) is 0 Å². The van der Waals surface area contributed by atoms with Crippen molar-refractivity contribution >= 4 is 34.2 Å². The number of benzene rings is 1. The lowest BCUT2D eigenvalue weighted by molar-refractivity contribution is 0.354. The van der Waals surface area contributed by atoms with E-state index in [9.17, 15) is 0 Å². The third kappa shape index (κ3) is 4.22. The fraction of sp³-hybridized carbons (Fsp3) is 0.348. The van der Waals surface area contributed by atoms with E-state index < -0.39 is 0 Å². The second kappa shape index (κ2) is 9.30. The van der Waals surface area contributed by atoms with Gasteiger partial charge in [-0.2, -0.15) is 4.98 Å². The van der Waals surface area contributed by atoms with Crippen LogP contribution in [0.25, 0.3) is 16.3 Å². The standard InChI is InChI=1S/C23H26N4O3S2/c1-13(2)12-27-14(3)19(22-25-21(26-30-22)18-7-6-10-32-18)20(24-23(27)31)15-8-9-16(28-4)17(11-15)29-5/h6-11,13,20H,12H2,1-5H3,(H,24,31). The third-order valence-corrected chi connectivity index (χ3v) is 6.49. The summed E-state index contributed by atoms with van der Waals surface area (Å²) < 4.78 is 16.7. The molecule has 0 saturated heterocycles. The van der Waals surface area contributed by atoms with E-state index in [1.807, 2.05) is 42.6 Å². The van der Waals surface area contributed by atoms with Gasteiger partial charge in [-0.3, -0.25) is 0 Å². The summed E-state index contributed by atoms with van der Waals surface area (Å²) in [6.07, 6.45) is 0. The number of allylic oxidation sites excluding steroid dienone is 1. The number of ether oxygens (including phenoxy) is 2. The summed E-state index contributed by atoms with van der Waals surface area (Å²) in [5.41, 5.74) is 2.84. The molecule has 32 heavy (non-hydrogen) atoms. The van der Waals surface area contributed by atoms with Crippen LogP contribution in [-0.4, -0.2) is 40.9 Å². The van der Waals surface area contributed by atoms with Crippen molar-refractivity contribution in [2.75, 3.05) is 20.8 Å².